The van der Waals surface area contributed by atoms with E-state index in [0.717, 1.165) is 18.4 Å². The number of nitrogens with one attached hydrogen (secondary N) is 1. The van der Waals surface area contributed by atoms with E-state index in [9.17, 15) is 4.79 Å². The van der Waals surface area contributed by atoms with Crippen molar-refractivity contribution in [2.75, 3.05) is 0 Å². The monoisotopic (exact) mass is 333 g/mol. The highest BCUT2D eigenvalue weighted by molar-refractivity contribution is 5.95. The van der Waals surface area contributed by atoms with Crippen LogP contribution in [0.2, 0.25) is 0 Å². The molecule has 0 aromatic carbocycles. The van der Waals surface area contributed by atoms with E-state index in [2.05, 4.69) is 39.2 Å². The van der Waals surface area contributed by atoms with Crippen molar-refractivity contribution >= 4 is 5.91 Å². The molecule has 24 heavy (non-hydrogen) atoms. The van der Waals surface area contributed by atoms with E-state index in [1.165, 1.54) is 64.0 Å². The van der Waals surface area contributed by atoms with Crippen LogP contribution in [0.15, 0.2) is 37.1 Å². The Hall–Kier alpha value is -1.31. The van der Waals surface area contributed by atoms with E-state index in [1.807, 2.05) is 6.08 Å². The topological polar surface area (TPSA) is 29.1 Å². The molecule has 0 spiro atoms. The molecule has 0 aromatic heterocycles. The molecule has 0 saturated heterocycles. The number of unbranched alkanes of at least 4 members (excludes halogenated alkanes) is 7. The van der Waals surface area contributed by atoms with Crippen LogP contribution in [0.1, 0.15) is 91.4 Å². The molecule has 0 aromatic rings. The van der Waals surface area contributed by atoms with Crippen LogP contribution < -0.4 is 5.32 Å². The third-order valence-corrected chi connectivity index (χ3v) is 4.83. The van der Waals surface area contributed by atoms with Crippen LogP contribution in [-0.2, 0) is 4.79 Å². The van der Waals surface area contributed by atoms with Crippen molar-refractivity contribution < 1.29 is 4.79 Å². The molecule has 0 aliphatic carbocycles. The Kier molecular flexibility index (Phi) is 13.3. The van der Waals surface area contributed by atoms with E-state index in [4.69, 9.17) is 0 Å². The maximum atomic E-state index is 12.5. The molecule has 1 amide bonds. The van der Waals surface area contributed by atoms with Crippen molar-refractivity contribution in [1.29, 1.82) is 0 Å². The van der Waals surface area contributed by atoms with Crippen LogP contribution in [0.5, 0.6) is 0 Å². The van der Waals surface area contributed by atoms with Crippen LogP contribution in [0.4, 0.5) is 0 Å². The molecular formula is C22H39NO. The Bertz CT molecular complexity index is 397. The van der Waals surface area contributed by atoms with Gasteiger partial charge in [0.2, 0.25) is 0 Å². The summed E-state index contributed by atoms with van der Waals surface area (Å²) in [6, 6.07) is 0. The second-order valence-corrected chi connectivity index (χ2v) is 7.03. The van der Waals surface area contributed by atoms with Crippen LogP contribution in [0.3, 0.4) is 0 Å². The average molecular weight is 334 g/mol. The molecule has 0 fully saturated rings. The zero-order valence-corrected chi connectivity index (χ0v) is 16.3. The molecule has 1 unspecified atom stereocenters. The third-order valence-electron chi connectivity index (χ3n) is 4.83. The van der Waals surface area contributed by atoms with Crippen LogP contribution >= 0.6 is 0 Å². The van der Waals surface area contributed by atoms with Gasteiger partial charge in [0, 0.05) is 5.57 Å². The first-order valence-corrected chi connectivity index (χ1v) is 9.80. The van der Waals surface area contributed by atoms with Crippen molar-refractivity contribution in [3.8, 4) is 0 Å². The van der Waals surface area contributed by atoms with Gasteiger partial charge in [0.05, 0.1) is 0 Å². The third kappa shape index (κ3) is 9.10. The summed E-state index contributed by atoms with van der Waals surface area (Å²) >= 11 is 0. The largest absolute Gasteiger partial charge is 0.329 e. The molecule has 0 radical (unpaired) electrons. The molecule has 1 N–H and O–H groups in total. The molecule has 0 rings (SSSR count). The first kappa shape index (κ1) is 22.7. The molecule has 2 nitrogen and oxygen atoms in total. The summed E-state index contributed by atoms with van der Waals surface area (Å²) in [4.78, 5) is 12.5. The maximum Gasteiger partial charge on any atom is 0.251 e. The minimum absolute atomic E-state index is 0.0311. The summed E-state index contributed by atoms with van der Waals surface area (Å²) in [5.74, 6) is -0.0311. The number of allylic oxidation sites excluding steroid dienone is 2. The first-order chi connectivity index (χ1) is 11.6. The maximum absolute atomic E-state index is 12.5. The minimum atomic E-state index is -0.0821. The molecule has 1 atom stereocenters. The van der Waals surface area contributed by atoms with Crippen molar-refractivity contribution in [1.82, 2.24) is 5.32 Å². The summed E-state index contributed by atoms with van der Waals surface area (Å²) in [6.45, 7) is 14.1. The zero-order chi connectivity index (χ0) is 18.3. The van der Waals surface area contributed by atoms with Gasteiger partial charge in [0.25, 0.3) is 5.91 Å². The number of hydrogen-bond donors (Lipinski definition) is 1. The molecule has 138 valence electrons. The number of carbonyl (C=O) groups excluding carboxylic acids is 1. The smallest absolute Gasteiger partial charge is 0.251 e. The molecule has 0 heterocycles. The first-order valence-electron chi connectivity index (χ1n) is 9.80. The van der Waals surface area contributed by atoms with Gasteiger partial charge in [-0.15, -0.1) is 0 Å². The lowest BCUT2D eigenvalue weighted by Crippen LogP contribution is -2.31. The Balaban J connectivity index is 5.01. The summed E-state index contributed by atoms with van der Waals surface area (Å²) < 4.78 is 0. The number of rotatable bonds is 15. The predicted octanol–water partition coefficient (Wildman–Crippen LogP) is 6.70. The molecule has 0 bridgehead atoms. The Morgan fingerprint density at radius 3 is 1.88 bits per heavy atom. The van der Waals surface area contributed by atoms with Crippen molar-refractivity contribution in [2.24, 2.45) is 5.41 Å². The molecule has 0 saturated carbocycles. The van der Waals surface area contributed by atoms with Gasteiger partial charge in [0.15, 0.2) is 0 Å². The zero-order valence-electron chi connectivity index (χ0n) is 16.3. The molecular weight excluding hydrogens is 294 g/mol. The Morgan fingerprint density at radius 1 is 0.917 bits per heavy atom. The highest BCUT2D eigenvalue weighted by Crippen LogP contribution is 2.39. The second-order valence-electron chi connectivity index (χ2n) is 7.03. The predicted molar refractivity (Wildman–Crippen MR) is 107 cm³/mol. The Labute approximate surface area is 150 Å². The lowest BCUT2D eigenvalue weighted by atomic mass is 9.73. The lowest BCUT2D eigenvalue weighted by molar-refractivity contribution is -0.117. The van der Waals surface area contributed by atoms with Gasteiger partial charge in [-0.1, -0.05) is 104 Å². The highest BCUT2D eigenvalue weighted by atomic mass is 16.1. The van der Waals surface area contributed by atoms with Crippen LogP contribution in [0.25, 0.3) is 0 Å². The fourth-order valence-corrected chi connectivity index (χ4v) is 3.29. The standard InChI is InChI=1S/C22H39NO/c1-6-10-12-14-16-19-22(5,18-15-13-11-7-2)20(17-8-3)21(24)23-9-4/h8-9,17H,3-4,6-7,10-16,18-19H2,1-2,5H3,(H,23,24)/b20-17+. The number of amides is 1. The van der Waals surface area contributed by atoms with Crippen molar-refractivity contribution in [3.05, 3.63) is 37.1 Å². The van der Waals surface area contributed by atoms with Crippen molar-refractivity contribution in [3.63, 3.8) is 0 Å². The van der Waals surface area contributed by atoms with Crippen molar-refractivity contribution in [2.45, 2.75) is 91.4 Å². The van der Waals surface area contributed by atoms with Gasteiger partial charge >= 0.3 is 0 Å². The SMILES string of the molecule is C=C/C=C(\C(=O)NC=C)C(C)(CCCCCC)CCCCCCC. The van der Waals surface area contributed by atoms with Gasteiger partial charge in [-0.2, -0.15) is 0 Å². The van der Waals surface area contributed by atoms with Gasteiger partial charge in [-0.25, -0.2) is 0 Å². The molecule has 0 aliphatic heterocycles. The fraction of sp³-hybridized carbons (Fsp3) is 0.682. The summed E-state index contributed by atoms with van der Waals surface area (Å²) in [5.41, 5.74) is 0.769. The Morgan fingerprint density at radius 2 is 1.42 bits per heavy atom. The van der Waals surface area contributed by atoms with E-state index in [0.29, 0.717) is 0 Å². The van der Waals surface area contributed by atoms with Gasteiger partial charge < -0.3 is 5.32 Å². The number of carbonyl (C=O) groups is 1. The average Bonchev–Trinajstić information content (AvgIpc) is 2.56. The van der Waals surface area contributed by atoms with E-state index in [-0.39, 0.29) is 11.3 Å². The molecule has 2 heteroatoms. The minimum Gasteiger partial charge on any atom is -0.329 e. The molecule has 0 aliphatic rings. The van der Waals surface area contributed by atoms with Gasteiger partial charge in [-0.3, -0.25) is 4.79 Å². The quantitative estimate of drug-likeness (QED) is 0.202. The highest BCUT2D eigenvalue weighted by Gasteiger charge is 2.31. The van der Waals surface area contributed by atoms with Crippen LogP contribution in [-0.4, -0.2) is 5.91 Å². The summed E-state index contributed by atoms with van der Waals surface area (Å²) in [6.07, 6.45) is 18.4. The van der Waals surface area contributed by atoms with E-state index < -0.39 is 0 Å². The fourth-order valence-electron chi connectivity index (χ4n) is 3.29. The van der Waals surface area contributed by atoms with E-state index >= 15 is 0 Å². The normalized spacial score (nSPS) is 14.0. The van der Waals surface area contributed by atoms with Gasteiger partial charge in [-0.05, 0) is 24.5 Å². The second kappa shape index (κ2) is 14.1. The van der Waals surface area contributed by atoms with E-state index in [1.54, 1.807) is 6.08 Å². The van der Waals surface area contributed by atoms with Crippen LogP contribution in [0, 0.1) is 5.41 Å². The summed E-state index contributed by atoms with van der Waals surface area (Å²) in [7, 11) is 0. The lowest BCUT2D eigenvalue weighted by Gasteiger charge is -2.32. The van der Waals surface area contributed by atoms with Gasteiger partial charge in [0.1, 0.15) is 0 Å². The number of hydrogen-bond acceptors (Lipinski definition) is 1. The summed E-state index contributed by atoms with van der Waals surface area (Å²) in [5, 5.41) is 2.76.